The highest BCUT2D eigenvalue weighted by molar-refractivity contribution is 5.30. The third-order valence-electron chi connectivity index (χ3n) is 4.06. The molecule has 0 spiro atoms. The first-order valence-corrected chi connectivity index (χ1v) is 7.72. The number of hydrogen-bond donors (Lipinski definition) is 1. The average molecular weight is 280 g/mol. The Hall–Kier alpha value is -1.07. The van der Waals surface area contributed by atoms with Crippen molar-refractivity contribution >= 4 is 0 Å². The first-order chi connectivity index (χ1) is 9.72. The highest BCUT2D eigenvalue weighted by Crippen LogP contribution is 2.20. The van der Waals surface area contributed by atoms with Gasteiger partial charge in [-0.3, -0.25) is 0 Å². The molecule has 0 atom stereocenters. The number of hydrogen-bond acceptors (Lipinski definition) is 4. The van der Waals surface area contributed by atoms with Gasteiger partial charge in [0.1, 0.15) is 0 Å². The number of methoxy groups -OCH3 is 1. The van der Waals surface area contributed by atoms with E-state index in [1.54, 1.807) is 11.8 Å². The van der Waals surface area contributed by atoms with Crippen LogP contribution in [0.2, 0.25) is 0 Å². The third-order valence-corrected chi connectivity index (χ3v) is 4.06. The molecule has 0 unspecified atom stereocenters. The fourth-order valence-corrected chi connectivity index (χ4v) is 2.96. The van der Waals surface area contributed by atoms with E-state index >= 15 is 0 Å². The zero-order valence-electron chi connectivity index (χ0n) is 13.1. The molecule has 5 heteroatoms. The van der Waals surface area contributed by atoms with Gasteiger partial charge in [-0.1, -0.05) is 6.42 Å². The number of ether oxygens (including phenoxy) is 1. The monoisotopic (exact) mass is 280 g/mol. The minimum Gasteiger partial charge on any atom is -0.481 e. The number of nitrogens with zero attached hydrogens (tertiary/aromatic N) is 3. The van der Waals surface area contributed by atoms with E-state index < -0.39 is 0 Å². The number of aryl methyl sites for hydroxylation is 2. The fourth-order valence-electron chi connectivity index (χ4n) is 2.96. The first-order valence-electron chi connectivity index (χ1n) is 7.72. The molecule has 1 fully saturated rings. The second kappa shape index (κ2) is 7.64. The largest absolute Gasteiger partial charge is 0.481 e. The summed E-state index contributed by atoms with van der Waals surface area (Å²) >= 11 is 0. The highest BCUT2D eigenvalue weighted by Gasteiger charge is 2.13. The molecule has 1 saturated heterocycles. The quantitative estimate of drug-likeness (QED) is 0.772. The van der Waals surface area contributed by atoms with Crippen molar-refractivity contribution in [3.63, 3.8) is 0 Å². The Bertz CT molecular complexity index is 410. The zero-order valence-corrected chi connectivity index (χ0v) is 13.1. The molecule has 1 aromatic heterocycles. The van der Waals surface area contributed by atoms with Crippen LogP contribution < -0.4 is 10.1 Å². The van der Waals surface area contributed by atoms with E-state index in [9.17, 15) is 0 Å². The lowest BCUT2D eigenvalue weighted by Crippen LogP contribution is -2.32. The van der Waals surface area contributed by atoms with Crippen molar-refractivity contribution < 1.29 is 4.74 Å². The summed E-state index contributed by atoms with van der Waals surface area (Å²) in [5.41, 5.74) is 2.22. The molecule has 1 aliphatic heterocycles. The van der Waals surface area contributed by atoms with Crippen molar-refractivity contribution in [3.05, 3.63) is 11.3 Å². The summed E-state index contributed by atoms with van der Waals surface area (Å²) in [5.74, 6) is 0.867. The highest BCUT2D eigenvalue weighted by atomic mass is 16.5. The molecular weight excluding hydrogens is 252 g/mol. The van der Waals surface area contributed by atoms with Crippen LogP contribution >= 0.6 is 0 Å². The summed E-state index contributed by atoms with van der Waals surface area (Å²) in [6.45, 7) is 7.71. The van der Waals surface area contributed by atoms with Crippen LogP contribution in [0.15, 0.2) is 0 Å². The van der Waals surface area contributed by atoms with Gasteiger partial charge in [0.15, 0.2) is 0 Å². The van der Waals surface area contributed by atoms with Gasteiger partial charge in [0, 0.05) is 13.6 Å². The van der Waals surface area contributed by atoms with Crippen LogP contribution in [0.1, 0.15) is 36.9 Å². The number of nitrogens with one attached hydrogen (secondary N) is 1. The molecular formula is C15H28N4O. The van der Waals surface area contributed by atoms with Crippen molar-refractivity contribution in [3.8, 4) is 5.88 Å². The van der Waals surface area contributed by atoms with E-state index in [1.807, 2.05) is 14.0 Å². The molecule has 0 amide bonds. The maximum absolute atomic E-state index is 5.40. The van der Waals surface area contributed by atoms with Gasteiger partial charge in [-0.2, -0.15) is 5.10 Å². The number of likely N-dealkylation sites (tertiary alicyclic amines) is 1. The van der Waals surface area contributed by atoms with Gasteiger partial charge in [0.2, 0.25) is 5.88 Å². The van der Waals surface area contributed by atoms with E-state index in [-0.39, 0.29) is 0 Å². The molecule has 0 radical (unpaired) electrons. The molecule has 1 N–H and O–H groups in total. The predicted octanol–water partition coefficient (Wildman–Crippen LogP) is 1.70. The lowest BCUT2D eigenvalue weighted by atomic mass is 10.1. The van der Waals surface area contributed by atoms with Crippen LogP contribution in [-0.2, 0) is 13.6 Å². The lowest BCUT2D eigenvalue weighted by Gasteiger charge is -2.26. The maximum Gasteiger partial charge on any atom is 0.216 e. The Morgan fingerprint density at radius 3 is 2.70 bits per heavy atom. The van der Waals surface area contributed by atoms with Crippen molar-refractivity contribution in [2.75, 3.05) is 33.3 Å². The zero-order chi connectivity index (χ0) is 14.4. The van der Waals surface area contributed by atoms with Crippen LogP contribution in [0, 0.1) is 6.92 Å². The van der Waals surface area contributed by atoms with Crippen LogP contribution in [-0.4, -0.2) is 48.0 Å². The Morgan fingerprint density at radius 2 is 2.00 bits per heavy atom. The van der Waals surface area contributed by atoms with E-state index in [0.29, 0.717) is 0 Å². The molecule has 0 aromatic carbocycles. The average Bonchev–Trinajstić information content (AvgIpc) is 2.73. The number of rotatable bonds is 7. The summed E-state index contributed by atoms with van der Waals surface area (Å²) in [4.78, 5) is 2.58. The molecule has 114 valence electrons. The summed E-state index contributed by atoms with van der Waals surface area (Å²) < 4.78 is 7.21. The van der Waals surface area contributed by atoms with Gasteiger partial charge in [0.25, 0.3) is 0 Å². The van der Waals surface area contributed by atoms with E-state index in [4.69, 9.17) is 4.74 Å². The van der Waals surface area contributed by atoms with Gasteiger partial charge < -0.3 is 15.0 Å². The van der Waals surface area contributed by atoms with E-state index in [1.165, 1.54) is 50.9 Å². The van der Waals surface area contributed by atoms with Crippen LogP contribution in [0.5, 0.6) is 5.88 Å². The van der Waals surface area contributed by atoms with Crippen LogP contribution in [0.4, 0.5) is 0 Å². The molecule has 2 heterocycles. The van der Waals surface area contributed by atoms with Crippen molar-refractivity contribution in [1.29, 1.82) is 0 Å². The Morgan fingerprint density at radius 1 is 1.25 bits per heavy atom. The Kier molecular flexibility index (Phi) is 5.86. The van der Waals surface area contributed by atoms with E-state index in [2.05, 4.69) is 15.3 Å². The van der Waals surface area contributed by atoms with Crippen molar-refractivity contribution in [2.45, 2.75) is 39.2 Å². The molecule has 20 heavy (non-hydrogen) atoms. The second-order valence-corrected chi connectivity index (χ2v) is 5.63. The van der Waals surface area contributed by atoms with Gasteiger partial charge in [-0.25, -0.2) is 4.68 Å². The maximum atomic E-state index is 5.40. The first kappa shape index (κ1) is 15.3. The third kappa shape index (κ3) is 3.96. The standard InChI is InChI=1S/C15H28N4O/c1-13-14(15(20-3)18(2)17-13)12-16-8-7-11-19-9-5-4-6-10-19/h16H,4-12H2,1-3H3. The van der Waals surface area contributed by atoms with Gasteiger partial charge in [-0.15, -0.1) is 0 Å². The topological polar surface area (TPSA) is 42.3 Å². The van der Waals surface area contributed by atoms with Crippen molar-refractivity contribution in [1.82, 2.24) is 20.0 Å². The normalized spacial score (nSPS) is 16.6. The SMILES string of the molecule is COc1c(CNCCCN2CCCCC2)c(C)nn1C. The van der Waals surface area contributed by atoms with E-state index in [0.717, 1.165) is 24.7 Å². The van der Waals surface area contributed by atoms with Crippen molar-refractivity contribution in [2.24, 2.45) is 7.05 Å². The minimum atomic E-state index is 0.836. The van der Waals surface area contributed by atoms with Gasteiger partial charge in [0.05, 0.1) is 18.4 Å². The summed E-state index contributed by atoms with van der Waals surface area (Å²) in [6.07, 6.45) is 5.37. The summed E-state index contributed by atoms with van der Waals surface area (Å²) in [7, 11) is 3.63. The molecule has 5 nitrogen and oxygen atoms in total. The van der Waals surface area contributed by atoms with Crippen LogP contribution in [0.3, 0.4) is 0 Å². The molecule has 0 bridgehead atoms. The molecule has 1 aromatic rings. The minimum absolute atomic E-state index is 0.836. The fraction of sp³-hybridized carbons (Fsp3) is 0.800. The molecule has 1 aliphatic rings. The summed E-state index contributed by atoms with van der Waals surface area (Å²) in [6, 6.07) is 0. The smallest absolute Gasteiger partial charge is 0.216 e. The Labute approximate surface area is 122 Å². The molecule has 2 rings (SSSR count). The lowest BCUT2D eigenvalue weighted by molar-refractivity contribution is 0.225. The van der Waals surface area contributed by atoms with Crippen LogP contribution in [0.25, 0.3) is 0 Å². The second-order valence-electron chi connectivity index (χ2n) is 5.63. The van der Waals surface area contributed by atoms with Gasteiger partial charge >= 0.3 is 0 Å². The number of piperidine rings is 1. The molecule has 0 aliphatic carbocycles. The summed E-state index contributed by atoms with van der Waals surface area (Å²) in [5, 5.41) is 7.91. The predicted molar refractivity (Wildman–Crippen MR) is 81.1 cm³/mol. The van der Waals surface area contributed by atoms with Gasteiger partial charge in [-0.05, 0) is 52.4 Å². The number of aromatic nitrogens is 2. The Balaban J connectivity index is 1.68. The molecule has 0 saturated carbocycles.